The van der Waals surface area contributed by atoms with E-state index in [0.717, 1.165) is 6.54 Å². The lowest BCUT2D eigenvalue weighted by atomic mass is 10.1. The molecule has 0 spiro atoms. The van der Waals surface area contributed by atoms with Crippen molar-refractivity contribution in [2.24, 2.45) is 5.73 Å². The highest BCUT2D eigenvalue weighted by atomic mass is 16.5. The maximum absolute atomic E-state index is 5.86. The van der Waals surface area contributed by atoms with Crippen molar-refractivity contribution in [2.75, 3.05) is 27.3 Å². The van der Waals surface area contributed by atoms with Crippen LogP contribution in [0, 0.1) is 0 Å². The summed E-state index contributed by atoms with van der Waals surface area (Å²) in [5.41, 5.74) is 5.30. The summed E-state index contributed by atoms with van der Waals surface area (Å²) in [4.78, 5) is 6.29. The molecule has 0 saturated carbocycles. The molecule has 1 rings (SSSR count). The summed E-state index contributed by atoms with van der Waals surface area (Å²) < 4.78 is 10.1. The number of nitrogens with two attached hydrogens (primary N) is 1. The molecule has 0 saturated heterocycles. The molecule has 0 aromatic carbocycles. The Labute approximate surface area is 95.7 Å². The van der Waals surface area contributed by atoms with Crippen molar-refractivity contribution < 1.29 is 9.26 Å². The second kappa shape index (κ2) is 5.38. The first-order valence-electron chi connectivity index (χ1n) is 5.23. The summed E-state index contributed by atoms with van der Waals surface area (Å²) in [5.74, 6) is 1.11. The molecule has 0 bridgehead atoms. The molecule has 1 heterocycles. The fourth-order valence-electron chi connectivity index (χ4n) is 1.14. The predicted molar refractivity (Wildman–Crippen MR) is 59.7 cm³/mol. The maximum atomic E-state index is 5.86. The van der Waals surface area contributed by atoms with E-state index in [2.05, 4.69) is 10.1 Å². The lowest BCUT2D eigenvalue weighted by Crippen LogP contribution is -2.30. The van der Waals surface area contributed by atoms with E-state index in [4.69, 9.17) is 15.0 Å². The zero-order valence-corrected chi connectivity index (χ0v) is 10.4. The van der Waals surface area contributed by atoms with Gasteiger partial charge in [0.05, 0.1) is 18.7 Å². The highest BCUT2D eigenvalue weighted by Crippen LogP contribution is 2.13. The van der Waals surface area contributed by atoms with Gasteiger partial charge in [-0.1, -0.05) is 5.16 Å². The average Bonchev–Trinajstić information content (AvgIpc) is 2.62. The minimum absolute atomic E-state index is 0.530. The topological polar surface area (TPSA) is 77.4 Å². The largest absolute Gasteiger partial charge is 0.383 e. The molecule has 0 aliphatic heterocycles. The zero-order valence-electron chi connectivity index (χ0n) is 10.4. The molecule has 92 valence electrons. The molecule has 2 N–H and O–H groups in total. The Morgan fingerprint density at radius 1 is 1.50 bits per heavy atom. The Bertz CT molecular complexity index is 319. The second-order valence-corrected chi connectivity index (χ2v) is 4.46. The molecule has 16 heavy (non-hydrogen) atoms. The third-order valence-electron chi connectivity index (χ3n) is 2.13. The molecule has 0 atom stereocenters. The molecule has 1 aromatic rings. The first kappa shape index (κ1) is 13.1. The van der Waals surface area contributed by atoms with Crippen LogP contribution < -0.4 is 5.73 Å². The summed E-state index contributed by atoms with van der Waals surface area (Å²) in [6.07, 6.45) is 0. The first-order chi connectivity index (χ1) is 7.43. The van der Waals surface area contributed by atoms with E-state index in [0.29, 0.717) is 24.9 Å². The Morgan fingerprint density at radius 3 is 2.69 bits per heavy atom. The van der Waals surface area contributed by atoms with Crippen LogP contribution in [-0.4, -0.2) is 42.3 Å². The molecule has 6 nitrogen and oxygen atoms in total. The van der Waals surface area contributed by atoms with Gasteiger partial charge in [0.15, 0.2) is 5.82 Å². The second-order valence-electron chi connectivity index (χ2n) is 4.46. The van der Waals surface area contributed by atoms with Gasteiger partial charge < -0.3 is 15.0 Å². The molecule has 0 aliphatic rings. The molecule has 0 fully saturated rings. The van der Waals surface area contributed by atoms with Gasteiger partial charge in [-0.2, -0.15) is 4.98 Å². The Hall–Kier alpha value is -0.980. The molecule has 1 aromatic heterocycles. The normalized spacial score (nSPS) is 12.4. The number of methoxy groups -OCH3 is 1. The van der Waals surface area contributed by atoms with Gasteiger partial charge in [-0.15, -0.1) is 0 Å². The number of aromatic nitrogens is 2. The average molecular weight is 228 g/mol. The number of nitrogens with zero attached hydrogens (tertiary/aromatic N) is 3. The molecular formula is C10H20N4O2. The van der Waals surface area contributed by atoms with Gasteiger partial charge in [0.25, 0.3) is 0 Å². The minimum Gasteiger partial charge on any atom is -0.383 e. The third kappa shape index (κ3) is 3.88. The SMILES string of the molecule is COCCN(C)Cc1nc(C(C)(C)N)no1. The Morgan fingerprint density at radius 2 is 2.19 bits per heavy atom. The van der Waals surface area contributed by atoms with E-state index < -0.39 is 5.54 Å². The van der Waals surface area contributed by atoms with E-state index in [-0.39, 0.29) is 0 Å². The van der Waals surface area contributed by atoms with E-state index in [1.54, 1.807) is 7.11 Å². The highest BCUT2D eigenvalue weighted by molar-refractivity contribution is 4.98. The molecule has 0 radical (unpaired) electrons. The first-order valence-corrected chi connectivity index (χ1v) is 5.23. The quantitative estimate of drug-likeness (QED) is 0.756. The number of hydrogen-bond donors (Lipinski definition) is 1. The van der Waals surface area contributed by atoms with E-state index in [1.165, 1.54) is 0 Å². The van der Waals surface area contributed by atoms with E-state index in [1.807, 2.05) is 25.8 Å². The van der Waals surface area contributed by atoms with Crippen molar-refractivity contribution >= 4 is 0 Å². The van der Waals surface area contributed by atoms with Crippen LogP contribution >= 0.6 is 0 Å². The summed E-state index contributed by atoms with van der Waals surface area (Å²) in [6.45, 7) is 5.79. The van der Waals surface area contributed by atoms with Gasteiger partial charge in [-0.05, 0) is 20.9 Å². The lowest BCUT2D eigenvalue weighted by Gasteiger charge is -2.13. The molecule has 6 heteroatoms. The van der Waals surface area contributed by atoms with Gasteiger partial charge in [0.2, 0.25) is 5.89 Å². The lowest BCUT2D eigenvalue weighted by molar-refractivity contribution is 0.152. The fraction of sp³-hybridized carbons (Fsp3) is 0.800. The summed E-state index contributed by atoms with van der Waals surface area (Å²) >= 11 is 0. The minimum atomic E-state index is -0.563. The van der Waals surface area contributed by atoms with Crippen LogP contribution in [0.1, 0.15) is 25.6 Å². The van der Waals surface area contributed by atoms with Gasteiger partial charge in [0, 0.05) is 13.7 Å². The van der Waals surface area contributed by atoms with E-state index >= 15 is 0 Å². The van der Waals surface area contributed by atoms with Crippen LogP contribution in [0.2, 0.25) is 0 Å². The summed E-state index contributed by atoms with van der Waals surface area (Å²) in [7, 11) is 3.64. The molecule has 0 amide bonds. The molecule has 0 aliphatic carbocycles. The van der Waals surface area contributed by atoms with Crippen LogP contribution in [0.3, 0.4) is 0 Å². The van der Waals surface area contributed by atoms with Crippen LogP contribution in [0.25, 0.3) is 0 Å². The fourth-order valence-corrected chi connectivity index (χ4v) is 1.14. The maximum Gasteiger partial charge on any atom is 0.240 e. The summed E-state index contributed by atoms with van der Waals surface area (Å²) in [5, 5.41) is 3.85. The van der Waals surface area contributed by atoms with Crippen molar-refractivity contribution in [3.63, 3.8) is 0 Å². The van der Waals surface area contributed by atoms with Crippen LogP contribution in [0.15, 0.2) is 4.52 Å². The Balaban J connectivity index is 2.52. The van der Waals surface area contributed by atoms with Gasteiger partial charge in [-0.25, -0.2) is 0 Å². The highest BCUT2D eigenvalue weighted by Gasteiger charge is 2.21. The molecular weight excluding hydrogens is 208 g/mol. The standard InChI is InChI=1S/C10H20N4O2/c1-10(2,11)9-12-8(16-13-9)7-14(3)5-6-15-4/h5-7,11H2,1-4H3. The van der Waals surface area contributed by atoms with E-state index in [9.17, 15) is 0 Å². The van der Waals surface area contributed by atoms with Crippen molar-refractivity contribution in [1.82, 2.24) is 15.0 Å². The van der Waals surface area contributed by atoms with Crippen LogP contribution in [-0.2, 0) is 16.8 Å². The van der Waals surface area contributed by atoms with Crippen LogP contribution in [0.4, 0.5) is 0 Å². The number of rotatable bonds is 6. The van der Waals surface area contributed by atoms with Crippen molar-refractivity contribution in [3.8, 4) is 0 Å². The number of likely N-dealkylation sites (N-methyl/N-ethyl adjacent to an activating group) is 1. The Kier molecular flexibility index (Phi) is 4.40. The third-order valence-corrected chi connectivity index (χ3v) is 2.13. The number of hydrogen-bond acceptors (Lipinski definition) is 6. The van der Waals surface area contributed by atoms with Crippen molar-refractivity contribution in [1.29, 1.82) is 0 Å². The van der Waals surface area contributed by atoms with Gasteiger partial charge >= 0.3 is 0 Å². The molecule has 0 unspecified atom stereocenters. The predicted octanol–water partition coefficient (Wildman–Crippen LogP) is 0.342. The zero-order chi connectivity index (χ0) is 12.2. The smallest absolute Gasteiger partial charge is 0.240 e. The van der Waals surface area contributed by atoms with Gasteiger partial charge in [0.1, 0.15) is 0 Å². The van der Waals surface area contributed by atoms with Crippen molar-refractivity contribution in [3.05, 3.63) is 11.7 Å². The summed E-state index contributed by atoms with van der Waals surface area (Å²) in [6, 6.07) is 0. The van der Waals surface area contributed by atoms with Gasteiger partial charge in [-0.3, -0.25) is 4.90 Å². The monoisotopic (exact) mass is 228 g/mol. The van der Waals surface area contributed by atoms with Crippen molar-refractivity contribution in [2.45, 2.75) is 25.9 Å². The van der Waals surface area contributed by atoms with Crippen LogP contribution in [0.5, 0.6) is 0 Å². The number of ether oxygens (including phenoxy) is 1.